The quantitative estimate of drug-likeness (QED) is 0.0696. The summed E-state index contributed by atoms with van der Waals surface area (Å²) in [7, 11) is -19.6. The first-order valence-corrected chi connectivity index (χ1v) is 17.4. The fourth-order valence-corrected chi connectivity index (χ4v) is 6.20. The predicted octanol–water partition coefficient (Wildman–Crippen LogP) is -5.69. The van der Waals surface area contributed by atoms with E-state index in [1.54, 1.807) is 0 Å². The summed E-state index contributed by atoms with van der Waals surface area (Å²) in [5.41, 5.74) is 3.60. The largest absolute Gasteiger partial charge is 1.00 e. The second kappa shape index (κ2) is 16.6. The van der Waals surface area contributed by atoms with Gasteiger partial charge < -0.3 is 19.9 Å². The van der Waals surface area contributed by atoms with E-state index < -0.39 is 72.0 Å². The van der Waals surface area contributed by atoms with Crippen molar-refractivity contribution in [2.75, 3.05) is 5.73 Å². The number of hydrogen-bond acceptors (Lipinski definition) is 16. The molecule has 0 aromatic heterocycles. The molecule has 24 heteroatoms. The molecule has 0 saturated carbocycles. The van der Waals surface area contributed by atoms with Crippen LogP contribution in [0.15, 0.2) is 113 Å². The van der Waals surface area contributed by atoms with Crippen molar-refractivity contribution in [2.24, 2.45) is 20.5 Å². The van der Waals surface area contributed by atoms with Gasteiger partial charge in [0, 0.05) is 10.8 Å². The number of benzene rings is 4. The van der Waals surface area contributed by atoms with E-state index in [-0.39, 0.29) is 121 Å². The van der Waals surface area contributed by atoms with Gasteiger partial charge in [-0.2, -0.15) is 13.5 Å². The number of fused-ring (bicyclic) bond motifs is 1. The van der Waals surface area contributed by atoms with Gasteiger partial charge in [0.2, 0.25) is 0 Å². The van der Waals surface area contributed by atoms with Crippen LogP contribution in [0.25, 0.3) is 10.8 Å². The molecule has 0 aliphatic carbocycles. The number of nitrogens with zero attached hydrogens (tertiary/aromatic N) is 4. The van der Waals surface area contributed by atoms with Crippen LogP contribution in [-0.2, 0) is 40.2 Å². The van der Waals surface area contributed by atoms with Crippen molar-refractivity contribution in [3.05, 3.63) is 72.7 Å². The third-order valence-corrected chi connectivity index (χ3v) is 9.84. The van der Waals surface area contributed by atoms with Crippen LogP contribution in [0.1, 0.15) is 0 Å². The minimum atomic E-state index is -5.35. The number of anilines is 1. The topological polar surface area (TPSA) is 301 Å². The minimum Gasteiger partial charge on any atom is -0.871 e. The summed E-state index contributed by atoms with van der Waals surface area (Å²) in [5, 5.41) is 28.2. The molecule has 4 aromatic carbocycles. The van der Waals surface area contributed by atoms with Gasteiger partial charge in [-0.1, -0.05) is 18.4 Å². The fourth-order valence-electron chi connectivity index (χ4n) is 3.76. The average Bonchev–Trinajstić information content (AvgIpc) is 2.94. The molecule has 0 unspecified atom stereocenters. The van der Waals surface area contributed by atoms with Gasteiger partial charge in [0.25, 0.3) is 10.1 Å². The summed E-state index contributed by atoms with van der Waals surface area (Å²) in [6.07, 6.45) is 0. The van der Waals surface area contributed by atoms with Crippen LogP contribution in [0, 0.1) is 0 Å². The second-order valence-corrected chi connectivity index (χ2v) is 14.8. The normalized spacial score (nSPS) is 12.3. The summed E-state index contributed by atoms with van der Waals surface area (Å²) in [6.45, 7) is 3.22. The molecule has 0 bridgehead atoms. The van der Waals surface area contributed by atoms with Crippen LogP contribution in [0.5, 0.6) is 5.75 Å². The Morgan fingerprint density at radius 2 is 1.23 bits per heavy atom. The van der Waals surface area contributed by atoms with Crippen molar-refractivity contribution < 1.29 is 141 Å². The summed E-state index contributed by atoms with van der Waals surface area (Å²) in [6, 6.07) is 9.39. The number of nitrogen functional groups attached to an aromatic ring is 1. The van der Waals surface area contributed by atoms with Gasteiger partial charge in [0.1, 0.15) is 36.5 Å². The third kappa shape index (κ3) is 9.99. The molecule has 0 heterocycles. The van der Waals surface area contributed by atoms with E-state index in [0.717, 1.165) is 17.5 Å². The van der Waals surface area contributed by atoms with Crippen molar-refractivity contribution in [2.45, 2.75) is 19.6 Å². The van der Waals surface area contributed by atoms with Crippen molar-refractivity contribution in [3.63, 3.8) is 0 Å². The minimum absolute atomic E-state index is 0. The zero-order valence-electron chi connectivity index (χ0n) is 25.0. The molecule has 0 spiro atoms. The maximum atomic E-state index is 13.4. The number of nitrogens with two attached hydrogens (primary N) is 1. The molecule has 0 aliphatic rings. The number of rotatable bonds is 9. The Labute approximate surface area is 340 Å². The van der Waals surface area contributed by atoms with Gasteiger partial charge in [-0.3, -0.25) is 4.55 Å². The first-order chi connectivity index (χ1) is 20.7. The zero-order valence-corrected chi connectivity index (χ0v) is 34.3. The Bertz CT molecular complexity index is 2410. The van der Waals surface area contributed by atoms with E-state index in [4.69, 9.17) is 5.73 Å². The summed E-state index contributed by atoms with van der Waals surface area (Å²) >= 11 is 0. The average molecular weight is 764 g/mol. The van der Waals surface area contributed by atoms with Crippen molar-refractivity contribution in [1.29, 1.82) is 0 Å². The Morgan fingerprint density at radius 1 is 0.667 bits per heavy atom. The molecule has 4 rings (SSSR count). The molecule has 48 heavy (non-hydrogen) atoms. The Morgan fingerprint density at radius 3 is 1.75 bits per heavy atom. The third-order valence-electron chi connectivity index (χ3n) is 5.89. The molecular weight excluding hydrogens is 748 g/mol. The standard InChI is InChI=1S/C24H19N5O12S4.3Na/c1-2-42(31,32)14-5-3-13(4-6-14)26-28-22-17-12-21(45(39,40)41)23(24(30)16(17)8-9-18(22)25)29-27-19-11-15(43(33,34)35)7-10-20(19)44(36,37)38;;;/h2-12,30H,1,25H2,(H,33,34,35)(H,36,37,38)(H,39,40,41);;;/q;3*+1/p-3. The zero-order chi connectivity index (χ0) is 33.5. The SMILES string of the molecule is C=CS(=O)(=O)c1ccc(N=Nc2c(N)ccc3c([O-])c(N=Nc4cc(S(=O)(=O)[O-])ccc4S(=O)(=O)[O-])c(S(=O)(=O)O)cc23)cc1.[Na+].[Na+].[Na+]. The van der Waals surface area contributed by atoms with E-state index in [0.29, 0.717) is 18.2 Å². The van der Waals surface area contributed by atoms with Crippen LogP contribution in [-0.4, -0.2) is 47.3 Å². The summed E-state index contributed by atoms with van der Waals surface area (Å²) in [4.78, 5) is -3.45. The van der Waals surface area contributed by atoms with Gasteiger partial charge in [0.15, 0.2) is 9.84 Å². The van der Waals surface area contributed by atoms with Crippen molar-refractivity contribution in [1.82, 2.24) is 0 Å². The van der Waals surface area contributed by atoms with Crippen LogP contribution in [0.2, 0.25) is 0 Å². The first-order valence-electron chi connectivity index (χ1n) is 11.6. The van der Waals surface area contributed by atoms with Gasteiger partial charge >= 0.3 is 88.7 Å². The smallest absolute Gasteiger partial charge is 0.871 e. The molecule has 0 atom stereocenters. The molecule has 0 saturated heterocycles. The predicted molar refractivity (Wildman–Crippen MR) is 152 cm³/mol. The second-order valence-electron chi connectivity index (χ2n) is 8.77. The Kier molecular flexibility index (Phi) is 15.3. The molecule has 17 nitrogen and oxygen atoms in total. The molecule has 0 radical (unpaired) electrons. The molecular formula is C24H16N5Na3O12S4. The molecule has 4 aromatic rings. The molecule has 0 aliphatic heterocycles. The maximum Gasteiger partial charge on any atom is 1.00 e. The van der Waals surface area contributed by atoms with E-state index >= 15 is 0 Å². The van der Waals surface area contributed by atoms with Crippen LogP contribution in [0.3, 0.4) is 0 Å². The van der Waals surface area contributed by atoms with Gasteiger partial charge in [-0.25, -0.2) is 25.3 Å². The van der Waals surface area contributed by atoms with E-state index in [2.05, 4.69) is 27.0 Å². The van der Waals surface area contributed by atoms with Gasteiger partial charge in [-0.05, 0) is 60.0 Å². The fraction of sp³-hybridized carbons (Fsp3) is 0. The number of hydrogen-bond donors (Lipinski definition) is 2. The molecule has 0 fully saturated rings. The van der Waals surface area contributed by atoms with E-state index in [9.17, 15) is 52.4 Å². The van der Waals surface area contributed by atoms with E-state index in [1.807, 2.05) is 0 Å². The van der Waals surface area contributed by atoms with Crippen LogP contribution in [0.4, 0.5) is 28.4 Å². The van der Waals surface area contributed by atoms with Crippen molar-refractivity contribution in [3.8, 4) is 5.75 Å². The first kappa shape index (κ1) is 44.4. The molecule has 236 valence electrons. The summed E-state index contributed by atoms with van der Waals surface area (Å²) < 4.78 is 127. The molecule has 0 amide bonds. The number of sulfone groups is 1. The number of azo groups is 2. The monoisotopic (exact) mass is 763 g/mol. The van der Waals surface area contributed by atoms with E-state index in [1.165, 1.54) is 30.3 Å². The van der Waals surface area contributed by atoms with Crippen LogP contribution >= 0.6 is 0 Å². The van der Waals surface area contributed by atoms with Gasteiger partial charge in [0.05, 0.1) is 31.7 Å². The summed E-state index contributed by atoms with van der Waals surface area (Å²) in [5.74, 6) is -1.22. The van der Waals surface area contributed by atoms with Crippen molar-refractivity contribution >= 4 is 79.4 Å². The Balaban J connectivity index is 0.00000384. The van der Waals surface area contributed by atoms with Crippen LogP contribution < -0.4 is 99.5 Å². The molecule has 3 N–H and O–H groups in total. The maximum absolute atomic E-state index is 13.4. The Hall–Kier alpha value is -1.64. The van der Waals surface area contributed by atoms with Gasteiger partial charge in [-0.15, -0.1) is 15.3 Å².